The first kappa shape index (κ1) is 13.9. The summed E-state index contributed by atoms with van der Waals surface area (Å²) in [5.74, 6) is 1.66. The van der Waals surface area contributed by atoms with Gasteiger partial charge in [0.2, 0.25) is 0 Å². The number of benzene rings is 1. The molecule has 116 valence electrons. The van der Waals surface area contributed by atoms with Crippen LogP contribution in [-0.2, 0) is 6.42 Å². The van der Waals surface area contributed by atoms with E-state index < -0.39 is 0 Å². The third-order valence-corrected chi connectivity index (χ3v) is 5.37. The Bertz CT molecular complexity index is 717. The molecule has 1 aromatic heterocycles. The van der Waals surface area contributed by atoms with Crippen LogP contribution in [0.5, 0.6) is 5.75 Å². The van der Waals surface area contributed by atoms with Gasteiger partial charge >= 0.3 is 0 Å². The smallest absolute Gasteiger partial charge is 0.123 e. The second-order valence-corrected chi connectivity index (χ2v) is 6.64. The number of pyridine rings is 1. The number of fused-ring (bicyclic) bond motifs is 3. The zero-order valence-electron chi connectivity index (χ0n) is 13.5. The third kappa shape index (κ3) is 2.06. The van der Waals surface area contributed by atoms with Crippen LogP contribution in [0.15, 0.2) is 12.1 Å². The Labute approximate surface area is 132 Å². The fourth-order valence-corrected chi connectivity index (χ4v) is 4.31. The van der Waals surface area contributed by atoms with Crippen LogP contribution >= 0.6 is 0 Å². The lowest BCUT2D eigenvalue weighted by molar-refractivity contribution is 0.389. The van der Waals surface area contributed by atoms with Crippen LogP contribution < -0.4 is 10.1 Å². The predicted molar refractivity (Wildman–Crippen MR) is 91.1 cm³/mol. The summed E-state index contributed by atoms with van der Waals surface area (Å²) in [4.78, 5) is 4.88. The van der Waals surface area contributed by atoms with Crippen molar-refractivity contribution in [2.75, 3.05) is 19.0 Å². The molecule has 2 aliphatic rings. The van der Waals surface area contributed by atoms with Crippen LogP contribution in [0.4, 0.5) is 5.69 Å². The monoisotopic (exact) mass is 296 g/mol. The van der Waals surface area contributed by atoms with Crippen LogP contribution in [0, 0.1) is 6.92 Å². The maximum absolute atomic E-state index is 5.74. The summed E-state index contributed by atoms with van der Waals surface area (Å²) < 4.78 is 5.74. The topological polar surface area (TPSA) is 34.1 Å². The van der Waals surface area contributed by atoms with Gasteiger partial charge in [-0.2, -0.15) is 0 Å². The average molecular weight is 296 g/mol. The Hall–Kier alpha value is -1.77. The molecule has 0 saturated heterocycles. The molecule has 0 amide bonds. The van der Waals surface area contributed by atoms with Crippen LogP contribution in [-0.4, -0.2) is 18.6 Å². The number of anilines is 1. The summed E-state index contributed by atoms with van der Waals surface area (Å²) in [6.45, 7) is 3.16. The first-order valence-electron chi connectivity index (χ1n) is 8.53. The van der Waals surface area contributed by atoms with Crippen LogP contribution in [0.25, 0.3) is 10.9 Å². The minimum atomic E-state index is 0.614. The fourth-order valence-electron chi connectivity index (χ4n) is 4.31. The second-order valence-electron chi connectivity index (χ2n) is 6.64. The Morgan fingerprint density at radius 1 is 1.18 bits per heavy atom. The highest BCUT2D eigenvalue weighted by Gasteiger charge is 2.26. The summed E-state index contributed by atoms with van der Waals surface area (Å²) in [5, 5.41) is 4.94. The van der Waals surface area contributed by atoms with E-state index in [2.05, 4.69) is 24.4 Å². The molecule has 0 atom stereocenters. The van der Waals surface area contributed by atoms with E-state index in [1.165, 1.54) is 60.0 Å². The molecule has 1 aliphatic carbocycles. The molecule has 1 saturated carbocycles. The highest BCUT2D eigenvalue weighted by molar-refractivity contribution is 5.98. The third-order valence-electron chi connectivity index (χ3n) is 5.37. The zero-order chi connectivity index (χ0) is 15.1. The maximum atomic E-state index is 5.74. The zero-order valence-corrected chi connectivity index (χ0v) is 13.5. The summed E-state index contributed by atoms with van der Waals surface area (Å²) in [6.07, 6.45) is 7.68. The van der Waals surface area contributed by atoms with Gasteiger partial charge in [-0.25, -0.2) is 0 Å². The van der Waals surface area contributed by atoms with Crippen molar-refractivity contribution >= 4 is 16.6 Å². The Morgan fingerprint density at radius 3 is 2.77 bits per heavy atom. The van der Waals surface area contributed by atoms with Crippen molar-refractivity contribution < 1.29 is 4.74 Å². The van der Waals surface area contributed by atoms with E-state index in [1.807, 2.05) is 0 Å². The van der Waals surface area contributed by atoms with E-state index in [0.29, 0.717) is 5.92 Å². The number of nitrogens with zero attached hydrogens (tertiary/aromatic N) is 1. The summed E-state index contributed by atoms with van der Waals surface area (Å²) >= 11 is 0. The van der Waals surface area contributed by atoms with Crippen molar-refractivity contribution in [1.82, 2.24) is 4.98 Å². The van der Waals surface area contributed by atoms with E-state index in [0.717, 1.165) is 24.2 Å². The molecular weight excluding hydrogens is 272 g/mol. The van der Waals surface area contributed by atoms with Crippen molar-refractivity contribution in [1.29, 1.82) is 0 Å². The van der Waals surface area contributed by atoms with Gasteiger partial charge in [0.25, 0.3) is 0 Å². The molecule has 2 heterocycles. The van der Waals surface area contributed by atoms with Gasteiger partial charge in [0, 0.05) is 28.9 Å². The van der Waals surface area contributed by atoms with Crippen LogP contribution in [0.2, 0.25) is 0 Å². The highest BCUT2D eigenvalue weighted by atomic mass is 16.5. The van der Waals surface area contributed by atoms with Crippen molar-refractivity contribution in [2.45, 2.75) is 51.4 Å². The molecule has 0 unspecified atom stereocenters. The summed E-state index contributed by atoms with van der Waals surface area (Å²) in [6, 6.07) is 4.23. The molecule has 1 N–H and O–H groups in total. The number of methoxy groups -OCH3 is 1. The quantitative estimate of drug-likeness (QED) is 0.881. The molecule has 22 heavy (non-hydrogen) atoms. The maximum Gasteiger partial charge on any atom is 0.123 e. The van der Waals surface area contributed by atoms with Crippen molar-refractivity contribution in [3.8, 4) is 5.75 Å². The molecule has 2 aromatic rings. The lowest BCUT2D eigenvalue weighted by atomic mass is 9.81. The molecule has 3 heteroatoms. The van der Waals surface area contributed by atoms with Crippen molar-refractivity contribution in [2.24, 2.45) is 0 Å². The SMILES string of the molecule is COc1ccc2nc(C)c3c(c2c1C1CCCCC1)NCC3. The van der Waals surface area contributed by atoms with Gasteiger partial charge in [0.1, 0.15) is 5.75 Å². The first-order chi connectivity index (χ1) is 10.8. The molecule has 0 spiro atoms. The van der Waals surface area contributed by atoms with Gasteiger partial charge in [-0.1, -0.05) is 19.3 Å². The molecule has 0 bridgehead atoms. The Morgan fingerprint density at radius 2 is 2.00 bits per heavy atom. The van der Waals surface area contributed by atoms with Crippen molar-refractivity contribution in [3.05, 3.63) is 29.0 Å². The number of rotatable bonds is 2. The molecular formula is C19H24N2O. The van der Waals surface area contributed by atoms with Crippen LogP contribution in [0.1, 0.15) is 54.8 Å². The van der Waals surface area contributed by atoms with Gasteiger partial charge in [-0.05, 0) is 49.8 Å². The Kier molecular flexibility index (Phi) is 3.44. The highest BCUT2D eigenvalue weighted by Crippen LogP contribution is 2.45. The lowest BCUT2D eigenvalue weighted by Gasteiger charge is -2.26. The summed E-state index contributed by atoms with van der Waals surface area (Å²) in [5.41, 5.74) is 6.41. The first-order valence-corrected chi connectivity index (χ1v) is 8.53. The van der Waals surface area contributed by atoms with Gasteiger partial charge < -0.3 is 10.1 Å². The second kappa shape index (κ2) is 5.45. The number of nitrogens with one attached hydrogen (secondary N) is 1. The number of aryl methyl sites for hydroxylation is 1. The number of hydrogen-bond donors (Lipinski definition) is 1. The largest absolute Gasteiger partial charge is 0.496 e. The molecule has 1 aromatic carbocycles. The van der Waals surface area contributed by atoms with Gasteiger partial charge in [-0.15, -0.1) is 0 Å². The van der Waals surface area contributed by atoms with E-state index >= 15 is 0 Å². The van der Waals surface area contributed by atoms with E-state index in [-0.39, 0.29) is 0 Å². The fraction of sp³-hybridized carbons (Fsp3) is 0.526. The Balaban J connectivity index is 2.01. The standard InChI is InChI=1S/C19H24N2O/c1-12-14-10-11-20-19(14)18-15(21-12)8-9-16(22-2)17(18)13-6-4-3-5-7-13/h8-9,13,20H,3-7,10-11H2,1-2H3. The number of aromatic nitrogens is 1. The number of hydrogen-bond acceptors (Lipinski definition) is 3. The van der Waals surface area contributed by atoms with E-state index in [1.54, 1.807) is 7.11 Å². The average Bonchev–Trinajstić information content (AvgIpc) is 3.05. The summed E-state index contributed by atoms with van der Waals surface area (Å²) in [7, 11) is 1.79. The molecule has 4 rings (SSSR count). The van der Waals surface area contributed by atoms with Gasteiger partial charge in [-0.3, -0.25) is 4.98 Å². The van der Waals surface area contributed by atoms with Gasteiger partial charge in [0.05, 0.1) is 12.6 Å². The minimum Gasteiger partial charge on any atom is -0.496 e. The lowest BCUT2D eigenvalue weighted by Crippen LogP contribution is -2.08. The van der Waals surface area contributed by atoms with E-state index in [9.17, 15) is 0 Å². The molecule has 0 radical (unpaired) electrons. The number of ether oxygens (including phenoxy) is 1. The molecule has 1 aliphatic heterocycles. The van der Waals surface area contributed by atoms with Crippen molar-refractivity contribution in [3.63, 3.8) is 0 Å². The normalized spacial score (nSPS) is 18.3. The van der Waals surface area contributed by atoms with E-state index in [4.69, 9.17) is 9.72 Å². The predicted octanol–water partition coefficient (Wildman–Crippen LogP) is 4.57. The molecule has 3 nitrogen and oxygen atoms in total. The van der Waals surface area contributed by atoms with Crippen LogP contribution in [0.3, 0.4) is 0 Å². The minimum absolute atomic E-state index is 0.614. The molecule has 1 fully saturated rings. The van der Waals surface area contributed by atoms with Gasteiger partial charge in [0.15, 0.2) is 0 Å².